The highest BCUT2D eigenvalue weighted by Gasteiger charge is 2.07. The van der Waals surface area contributed by atoms with Crippen LogP contribution in [0.3, 0.4) is 0 Å². The van der Waals surface area contributed by atoms with Crippen LogP contribution in [0.2, 0.25) is 0 Å². The minimum atomic E-state index is -0.0238. The molecular weight excluding hydrogens is 360 g/mol. The molecule has 0 aliphatic rings. The number of nitrogens with one attached hydrogen (secondary N) is 1. The Morgan fingerprint density at radius 1 is 1.09 bits per heavy atom. The number of rotatable bonds is 4. The van der Waals surface area contributed by atoms with Crippen LogP contribution in [0.4, 0.5) is 5.69 Å². The second kappa shape index (κ2) is 6.94. The number of benzene rings is 2. The van der Waals surface area contributed by atoms with Gasteiger partial charge in [0.25, 0.3) is 0 Å². The quantitative estimate of drug-likeness (QED) is 0.673. The van der Waals surface area contributed by atoms with Crippen LogP contribution in [0.1, 0.15) is 0 Å². The molecule has 1 N–H and O–H groups in total. The summed E-state index contributed by atoms with van der Waals surface area (Å²) in [6.45, 7) is 0. The molecule has 0 saturated heterocycles. The van der Waals surface area contributed by atoms with Gasteiger partial charge in [0.1, 0.15) is 0 Å². The molecule has 0 aliphatic heterocycles. The molecule has 0 radical (unpaired) electrons. The van der Waals surface area contributed by atoms with Crippen LogP contribution in [-0.2, 0) is 4.79 Å². The number of halogens is 1. The standard InChI is InChI=1S/C17H13BrN2OS/c18-12-6-8-13(9-7-12)22-11-17(21)20-16-5-1-4-15-14(16)3-2-10-19-15/h1-10H,11H2,(H,20,21). The van der Waals surface area contributed by atoms with Crippen molar-refractivity contribution in [2.24, 2.45) is 0 Å². The van der Waals surface area contributed by atoms with Gasteiger partial charge in [0.2, 0.25) is 5.91 Å². The van der Waals surface area contributed by atoms with Crippen molar-refractivity contribution in [2.45, 2.75) is 4.90 Å². The summed E-state index contributed by atoms with van der Waals surface area (Å²) in [4.78, 5) is 17.5. The van der Waals surface area contributed by atoms with Gasteiger partial charge in [-0.3, -0.25) is 9.78 Å². The second-order valence-electron chi connectivity index (χ2n) is 4.67. The molecule has 3 rings (SSSR count). The predicted octanol–water partition coefficient (Wildman–Crippen LogP) is 4.73. The SMILES string of the molecule is O=C(CSc1ccc(Br)cc1)Nc1cccc2ncccc12. The molecular formula is C17H13BrN2OS. The van der Waals surface area contributed by atoms with Crippen LogP contribution < -0.4 is 5.32 Å². The van der Waals surface area contributed by atoms with Gasteiger partial charge in [0.05, 0.1) is 17.0 Å². The van der Waals surface area contributed by atoms with Gasteiger partial charge in [-0.15, -0.1) is 11.8 Å². The average molecular weight is 373 g/mol. The lowest BCUT2D eigenvalue weighted by Gasteiger charge is -2.08. The molecule has 110 valence electrons. The molecule has 0 unspecified atom stereocenters. The number of hydrogen-bond donors (Lipinski definition) is 1. The topological polar surface area (TPSA) is 42.0 Å². The van der Waals surface area contributed by atoms with Crippen molar-refractivity contribution in [2.75, 3.05) is 11.1 Å². The highest BCUT2D eigenvalue weighted by molar-refractivity contribution is 9.10. The van der Waals surface area contributed by atoms with Crippen molar-refractivity contribution in [3.63, 3.8) is 0 Å². The minimum Gasteiger partial charge on any atom is -0.325 e. The molecule has 5 heteroatoms. The zero-order valence-electron chi connectivity index (χ0n) is 11.6. The van der Waals surface area contributed by atoms with Gasteiger partial charge >= 0.3 is 0 Å². The van der Waals surface area contributed by atoms with E-state index in [0.29, 0.717) is 5.75 Å². The smallest absolute Gasteiger partial charge is 0.234 e. The summed E-state index contributed by atoms with van der Waals surface area (Å²) in [7, 11) is 0. The summed E-state index contributed by atoms with van der Waals surface area (Å²) in [6, 6.07) is 17.5. The van der Waals surface area contributed by atoms with Crippen molar-refractivity contribution in [1.82, 2.24) is 4.98 Å². The van der Waals surface area contributed by atoms with Crippen LogP contribution in [0.15, 0.2) is 70.2 Å². The van der Waals surface area contributed by atoms with Crippen molar-refractivity contribution in [1.29, 1.82) is 0 Å². The summed E-state index contributed by atoms with van der Waals surface area (Å²) in [5.41, 5.74) is 1.67. The molecule has 0 spiro atoms. The van der Waals surface area contributed by atoms with Crippen LogP contribution in [-0.4, -0.2) is 16.6 Å². The number of fused-ring (bicyclic) bond motifs is 1. The maximum atomic E-state index is 12.1. The average Bonchev–Trinajstić information content (AvgIpc) is 2.55. The normalized spacial score (nSPS) is 10.6. The molecule has 0 saturated carbocycles. The fraction of sp³-hybridized carbons (Fsp3) is 0.0588. The third-order valence-electron chi connectivity index (χ3n) is 3.10. The van der Waals surface area contributed by atoms with E-state index >= 15 is 0 Å². The van der Waals surface area contributed by atoms with Gasteiger partial charge in [0.15, 0.2) is 0 Å². The molecule has 3 nitrogen and oxygen atoms in total. The van der Waals surface area contributed by atoms with Crippen molar-refractivity contribution in [3.05, 3.63) is 65.3 Å². The number of aromatic nitrogens is 1. The molecule has 1 heterocycles. The van der Waals surface area contributed by atoms with Gasteiger partial charge in [-0.25, -0.2) is 0 Å². The Bertz CT molecular complexity index is 800. The van der Waals surface area contributed by atoms with E-state index in [1.54, 1.807) is 6.20 Å². The molecule has 0 aliphatic carbocycles. The zero-order valence-corrected chi connectivity index (χ0v) is 14.0. The van der Waals surface area contributed by atoms with Gasteiger partial charge < -0.3 is 5.32 Å². The summed E-state index contributed by atoms with van der Waals surface area (Å²) < 4.78 is 1.03. The third-order valence-corrected chi connectivity index (χ3v) is 4.64. The number of hydrogen-bond acceptors (Lipinski definition) is 3. The van der Waals surface area contributed by atoms with Crippen molar-refractivity contribution in [3.8, 4) is 0 Å². The van der Waals surface area contributed by atoms with E-state index < -0.39 is 0 Å². The Kier molecular flexibility index (Phi) is 4.75. The lowest BCUT2D eigenvalue weighted by atomic mass is 10.2. The minimum absolute atomic E-state index is 0.0238. The Balaban J connectivity index is 1.67. The Labute approximate surface area is 141 Å². The van der Waals surface area contributed by atoms with Gasteiger partial charge in [-0.05, 0) is 48.5 Å². The number of thioether (sulfide) groups is 1. The highest BCUT2D eigenvalue weighted by atomic mass is 79.9. The van der Waals surface area contributed by atoms with Crippen LogP contribution in [0.25, 0.3) is 10.9 Å². The van der Waals surface area contributed by atoms with Crippen LogP contribution >= 0.6 is 27.7 Å². The molecule has 0 bridgehead atoms. The molecule has 22 heavy (non-hydrogen) atoms. The van der Waals surface area contributed by atoms with E-state index in [-0.39, 0.29) is 5.91 Å². The van der Waals surface area contributed by atoms with Crippen LogP contribution in [0.5, 0.6) is 0 Å². The van der Waals surface area contributed by atoms with E-state index in [1.807, 2.05) is 54.6 Å². The number of pyridine rings is 1. The molecule has 0 atom stereocenters. The number of carbonyl (C=O) groups is 1. The first kappa shape index (κ1) is 15.1. The van der Waals surface area contributed by atoms with Crippen LogP contribution in [0, 0.1) is 0 Å². The van der Waals surface area contributed by atoms with Gasteiger partial charge in [0, 0.05) is 21.0 Å². The number of carbonyl (C=O) groups excluding carboxylic acids is 1. The second-order valence-corrected chi connectivity index (χ2v) is 6.63. The molecule has 1 aromatic heterocycles. The number of amides is 1. The molecule has 3 aromatic rings. The first-order valence-electron chi connectivity index (χ1n) is 6.74. The van der Waals surface area contributed by atoms with E-state index in [2.05, 4.69) is 26.2 Å². The highest BCUT2D eigenvalue weighted by Crippen LogP contribution is 2.23. The summed E-state index contributed by atoms with van der Waals surface area (Å²) in [6.07, 6.45) is 1.75. The first-order chi connectivity index (χ1) is 10.7. The maximum absolute atomic E-state index is 12.1. The number of anilines is 1. The monoisotopic (exact) mass is 372 g/mol. The lowest BCUT2D eigenvalue weighted by Crippen LogP contribution is -2.14. The zero-order chi connectivity index (χ0) is 15.4. The fourth-order valence-corrected chi connectivity index (χ4v) is 3.04. The summed E-state index contributed by atoms with van der Waals surface area (Å²) in [5.74, 6) is 0.349. The fourth-order valence-electron chi connectivity index (χ4n) is 2.08. The Morgan fingerprint density at radius 3 is 2.73 bits per heavy atom. The maximum Gasteiger partial charge on any atom is 0.234 e. The third kappa shape index (κ3) is 3.67. The number of nitrogens with zero attached hydrogens (tertiary/aromatic N) is 1. The Morgan fingerprint density at radius 2 is 1.91 bits per heavy atom. The first-order valence-corrected chi connectivity index (χ1v) is 8.52. The van der Waals surface area contributed by atoms with Crippen molar-refractivity contribution >= 4 is 50.2 Å². The van der Waals surface area contributed by atoms with E-state index in [4.69, 9.17) is 0 Å². The van der Waals surface area contributed by atoms with Gasteiger partial charge in [-0.2, -0.15) is 0 Å². The Hall–Kier alpha value is -1.85. The summed E-state index contributed by atoms with van der Waals surface area (Å²) in [5, 5.41) is 3.91. The molecule has 2 aromatic carbocycles. The van der Waals surface area contributed by atoms with E-state index in [9.17, 15) is 4.79 Å². The van der Waals surface area contributed by atoms with Gasteiger partial charge in [-0.1, -0.05) is 22.0 Å². The largest absolute Gasteiger partial charge is 0.325 e. The lowest BCUT2D eigenvalue weighted by molar-refractivity contribution is -0.113. The molecule has 1 amide bonds. The van der Waals surface area contributed by atoms with Crippen molar-refractivity contribution < 1.29 is 4.79 Å². The predicted molar refractivity (Wildman–Crippen MR) is 95.2 cm³/mol. The summed E-state index contributed by atoms with van der Waals surface area (Å²) >= 11 is 4.91. The van der Waals surface area contributed by atoms with E-state index in [1.165, 1.54) is 11.8 Å². The molecule has 0 fully saturated rings. The van der Waals surface area contributed by atoms with E-state index in [0.717, 1.165) is 26.0 Å².